The van der Waals surface area contributed by atoms with Crippen molar-refractivity contribution in [1.29, 1.82) is 0 Å². The molecule has 0 spiro atoms. The maximum atomic E-state index is 2.00. The fourth-order valence-corrected chi connectivity index (χ4v) is 0.642. The van der Waals surface area contributed by atoms with E-state index in [4.69, 9.17) is 0 Å². The average Bonchev–Trinajstić information content (AvgIpc) is 2.01. The molecule has 0 nitrogen and oxygen atoms in total. The van der Waals surface area contributed by atoms with Crippen molar-refractivity contribution >= 4 is 6.91 Å². The molecule has 0 atom stereocenters. The summed E-state index contributed by atoms with van der Waals surface area (Å²) in [5, 5.41) is 0. The van der Waals surface area contributed by atoms with Crippen LogP contribution in [0.4, 0.5) is 0 Å². The Hall–Kier alpha value is -1.11. The van der Waals surface area contributed by atoms with Crippen LogP contribution >= 0.6 is 0 Å². The Morgan fingerprint density at radius 1 is 0.500 bits per heavy atom. The molecule has 0 amide bonds. The molecule has 1 aromatic rings. The zero-order valence-electron chi connectivity index (χ0n) is 5.77. The summed E-state index contributed by atoms with van der Waals surface area (Å²) in [5.41, 5.74) is 0. The van der Waals surface area contributed by atoms with Gasteiger partial charge in [0.25, 0.3) is 0 Å². The van der Waals surface area contributed by atoms with Gasteiger partial charge in [-0.3, -0.25) is 0 Å². The average molecular weight is 128 g/mol. The van der Waals surface area contributed by atoms with Gasteiger partial charge in [0.1, 0.15) is 0 Å². The predicted octanol–water partition coefficient (Wildman–Crippen LogP) is 2.15. The third kappa shape index (κ3) is 3.03. The Bertz CT molecular complexity index is 144. The second-order valence-corrected chi connectivity index (χ2v) is 1.92. The van der Waals surface area contributed by atoms with Crippen LogP contribution in [0.1, 0.15) is 0 Å². The van der Waals surface area contributed by atoms with Crippen LogP contribution in [0.25, 0.3) is 0 Å². The fraction of sp³-hybridized carbons (Fsp3) is 0. The molecule has 48 valence electrons. The first-order valence-corrected chi connectivity index (χ1v) is 3.33. The molecule has 1 heterocycles. The minimum absolute atomic E-state index is 2.00. The van der Waals surface area contributed by atoms with E-state index in [9.17, 15) is 0 Å². The van der Waals surface area contributed by atoms with Crippen LogP contribution in [0.5, 0.6) is 0 Å². The zero-order valence-corrected chi connectivity index (χ0v) is 5.77. The monoisotopic (exact) mass is 128 g/mol. The van der Waals surface area contributed by atoms with Gasteiger partial charge in [0.2, 0.25) is 0 Å². The Morgan fingerprint density at radius 3 is 1.40 bits per heavy atom. The molecule has 0 aliphatic heterocycles. The molecule has 0 saturated heterocycles. The van der Waals surface area contributed by atoms with Gasteiger partial charge in [-0.15, -0.1) is 0 Å². The number of hydrogen-bond donors (Lipinski definition) is 0. The van der Waals surface area contributed by atoms with Gasteiger partial charge in [-0.2, -0.15) is 0 Å². The van der Waals surface area contributed by atoms with Crippen molar-refractivity contribution in [3.63, 3.8) is 0 Å². The Balaban J connectivity index is 3.00. The fourth-order valence-electron chi connectivity index (χ4n) is 0.642. The van der Waals surface area contributed by atoms with Crippen LogP contribution in [0, 0.1) is 0 Å². The van der Waals surface area contributed by atoms with Crippen LogP contribution < -0.4 is 0 Å². The zero-order chi connectivity index (χ0) is 7.07. The summed E-state index contributed by atoms with van der Waals surface area (Å²) < 4.78 is 0. The van der Waals surface area contributed by atoms with E-state index < -0.39 is 0 Å². The molecule has 0 aliphatic rings. The van der Waals surface area contributed by atoms with E-state index in [1.54, 1.807) is 0 Å². The summed E-state index contributed by atoms with van der Waals surface area (Å²) in [6, 6.07) is 14.0. The van der Waals surface area contributed by atoms with Gasteiger partial charge >= 0.3 is 61.3 Å². The molecule has 10 heavy (non-hydrogen) atoms. The van der Waals surface area contributed by atoms with E-state index in [1.807, 2.05) is 61.3 Å². The van der Waals surface area contributed by atoms with Crippen LogP contribution in [0.15, 0.2) is 54.4 Å². The van der Waals surface area contributed by atoms with Gasteiger partial charge in [-0.05, 0) is 0 Å². The second-order valence-electron chi connectivity index (χ2n) is 1.92. The summed E-state index contributed by atoms with van der Waals surface area (Å²) in [7, 11) is 0. The quantitative estimate of drug-likeness (QED) is 0.502. The summed E-state index contributed by atoms with van der Waals surface area (Å²) in [6.45, 7) is 2.00. The first-order valence-electron chi connectivity index (χ1n) is 3.33. The van der Waals surface area contributed by atoms with E-state index in [0.29, 0.717) is 0 Å². The van der Waals surface area contributed by atoms with E-state index in [1.165, 1.54) is 0 Å². The first-order chi connectivity index (χ1) is 5.00. The van der Waals surface area contributed by atoms with E-state index >= 15 is 0 Å². The predicted molar refractivity (Wildman–Crippen MR) is 45.4 cm³/mol. The minimum atomic E-state index is 2.00. The normalized spacial score (nSPS) is 7.60. The molecule has 0 radical (unpaired) electrons. The standard InChI is InChI=1S/C9H9B/c1-2-4-6-8-10-9-7-5-3-1/h1-9H. The molecule has 0 bridgehead atoms. The molecule has 1 heteroatoms. The van der Waals surface area contributed by atoms with Crippen LogP contribution in [-0.4, -0.2) is 6.91 Å². The summed E-state index contributed by atoms with van der Waals surface area (Å²) in [5.74, 6) is 4.00. The van der Waals surface area contributed by atoms with Gasteiger partial charge in [0.05, 0.1) is 0 Å². The van der Waals surface area contributed by atoms with Gasteiger partial charge < -0.3 is 0 Å². The van der Waals surface area contributed by atoms with E-state index in [0.717, 1.165) is 0 Å². The topological polar surface area (TPSA) is 0 Å². The third-order valence-electron chi connectivity index (χ3n) is 1.11. The first kappa shape index (κ1) is 7.01. The summed E-state index contributed by atoms with van der Waals surface area (Å²) >= 11 is 0. The Labute approximate surface area is 62.1 Å². The molecular weight excluding hydrogens is 119 g/mol. The van der Waals surface area contributed by atoms with Crippen molar-refractivity contribution in [3.8, 4) is 0 Å². The van der Waals surface area contributed by atoms with Gasteiger partial charge in [-0.25, -0.2) is 0 Å². The Kier molecular flexibility index (Phi) is 3.32. The molecule has 0 aliphatic carbocycles. The van der Waals surface area contributed by atoms with E-state index in [2.05, 4.69) is 0 Å². The SMILES string of the molecule is b1ccccccccc1. The van der Waals surface area contributed by atoms with Crippen molar-refractivity contribution in [3.05, 3.63) is 54.4 Å². The van der Waals surface area contributed by atoms with Crippen molar-refractivity contribution in [2.24, 2.45) is 0 Å². The van der Waals surface area contributed by atoms with Crippen molar-refractivity contribution < 1.29 is 0 Å². The molecule has 0 N–H and O–H groups in total. The number of rotatable bonds is 0. The second kappa shape index (κ2) is 4.74. The van der Waals surface area contributed by atoms with Gasteiger partial charge in [-0.1, -0.05) is 0 Å². The number of hydrogen-bond acceptors (Lipinski definition) is 0. The summed E-state index contributed by atoms with van der Waals surface area (Å²) in [4.78, 5) is 0. The molecule has 1 aromatic heterocycles. The van der Waals surface area contributed by atoms with Crippen LogP contribution in [0.2, 0.25) is 0 Å². The van der Waals surface area contributed by atoms with Gasteiger partial charge in [0, 0.05) is 0 Å². The molecule has 0 aromatic carbocycles. The van der Waals surface area contributed by atoms with Crippen molar-refractivity contribution in [2.45, 2.75) is 0 Å². The van der Waals surface area contributed by atoms with Crippen LogP contribution in [0.3, 0.4) is 0 Å². The molecular formula is C9H9B. The van der Waals surface area contributed by atoms with E-state index in [-0.39, 0.29) is 0 Å². The maximum absolute atomic E-state index is 2.00. The molecule has 0 fully saturated rings. The Morgan fingerprint density at radius 2 is 0.900 bits per heavy atom. The van der Waals surface area contributed by atoms with Crippen molar-refractivity contribution in [1.82, 2.24) is 0 Å². The molecule has 1 rings (SSSR count). The third-order valence-corrected chi connectivity index (χ3v) is 1.11. The van der Waals surface area contributed by atoms with Crippen LogP contribution in [-0.2, 0) is 0 Å². The van der Waals surface area contributed by atoms with Crippen molar-refractivity contribution in [2.75, 3.05) is 0 Å². The van der Waals surface area contributed by atoms with Gasteiger partial charge in [0.15, 0.2) is 0 Å². The molecule has 0 unspecified atom stereocenters. The molecule has 0 saturated carbocycles. The summed E-state index contributed by atoms with van der Waals surface area (Å²) in [6.07, 6.45) is 0.